The molecule has 122 valence electrons. The second kappa shape index (κ2) is 8.74. The van der Waals surface area contributed by atoms with Crippen LogP contribution in [-0.4, -0.2) is 12.4 Å². The fourth-order valence-corrected chi connectivity index (χ4v) is 2.34. The maximum absolute atomic E-state index is 11.4. The van der Waals surface area contributed by atoms with E-state index in [1.807, 2.05) is 62.4 Å². The highest BCUT2D eigenvalue weighted by molar-refractivity contribution is 5.89. The van der Waals surface area contributed by atoms with E-state index in [1.165, 1.54) is 6.08 Å². The summed E-state index contributed by atoms with van der Waals surface area (Å²) in [6, 6.07) is 15.8. The molecule has 0 bridgehead atoms. The van der Waals surface area contributed by atoms with Crippen LogP contribution < -0.4 is 4.74 Å². The molecule has 1 unspecified atom stereocenters. The van der Waals surface area contributed by atoms with Crippen molar-refractivity contribution in [3.05, 3.63) is 77.9 Å². The summed E-state index contributed by atoms with van der Waals surface area (Å²) >= 11 is 0. The van der Waals surface area contributed by atoms with Crippen molar-refractivity contribution in [3.63, 3.8) is 0 Å². The van der Waals surface area contributed by atoms with Gasteiger partial charge in [-0.25, -0.2) is 0 Å². The molecule has 0 aliphatic rings. The highest BCUT2D eigenvalue weighted by Crippen LogP contribution is 2.20. The Morgan fingerprint density at radius 3 is 2.12 bits per heavy atom. The Morgan fingerprint density at radius 1 is 1.08 bits per heavy atom. The molecule has 2 aromatic carbocycles. The number of ketones is 1. The van der Waals surface area contributed by atoms with Gasteiger partial charge in [0.05, 0.1) is 6.61 Å². The van der Waals surface area contributed by atoms with Crippen LogP contribution in [0.4, 0.5) is 0 Å². The number of ether oxygens (including phenoxy) is 1. The van der Waals surface area contributed by atoms with Crippen molar-refractivity contribution < 1.29 is 9.53 Å². The van der Waals surface area contributed by atoms with Gasteiger partial charge in [0, 0.05) is 17.5 Å². The summed E-state index contributed by atoms with van der Waals surface area (Å²) in [6.07, 6.45) is 1.87. The van der Waals surface area contributed by atoms with Gasteiger partial charge in [0.2, 0.25) is 0 Å². The summed E-state index contributed by atoms with van der Waals surface area (Å²) < 4.78 is 5.42. The van der Waals surface area contributed by atoms with Crippen LogP contribution in [0.5, 0.6) is 5.75 Å². The highest BCUT2D eigenvalue weighted by Gasteiger charge is 2.08. The van der Waals surface area contributed by atoms with Gasteiger partial charge in [0.15, 0.2) is 5.78 Å². The quantitative estimate of drug-likeness (QED) is 0.568. The van der Waals surface area contributed by atoms with E-state index in [4.69, 9.17) is 4.74 Å². The second-order valence-electron chi connectivity index (χ2n) is 5.61. The lowest BCUT2D eigenvalue weighted by atomic mass is 9.95. The third kappa shape index (κ3) is 5.14. The SMILES string of the molecule is C=CC(=O)CC(C)c1ccc(C#Cc2ccc(OCC)cc2)cc1. The highest BCUT2D eigenvalue weighted by atomic mass is 16.5. The molecule has 0 amide bonds. The van der Waals surface area contributed by atoms with E-state index in [-0.39, 0.29) is 11.7 Å². The minimum atomic E-state index is 0.0712. The van der Waals surface area contributed by atoms with E-state index in [0.29, 0.717) is 13.0 Å². The van der Waals surface area contributed by atoms with Crippen molar-refractivity contribution in [1.82, 2.24) is 0 Å². The summed E-state index contributed by atoms with van der Waals surface area (Å²) in [7, 11) is 0. The number of rotatable bonds is 6. The Hall–Kier alpha value is -2.79. The smallest absolute Gasteiger partial charge is 0.155 e. The number of carbonyl (C=O) groups is 1. The van der Waals surface area contributed by atoms with Crippen LogP contribution in [0.3, 0.4) is 0 Å². The molecule has 0 saturated carbocycles. The molecule has 2 aromatic rings. The maximum atomic E-state index is 11.4. The molecule has 0 spiro atoms. The van der Waals surface area contributed by atoms with Gasteiger partial charge in [0.1, 0.15) is 5.75 Å². The van der Waals surface area contributed by atoms with Gasteiger partial charge < -0.3 is 4.74 Å². The van der Waals surface area contributed by atoms with Crippen LogP contribution in [0.2, 0.25) is 0 Å². The standard InChI is InChI=1S/C22H22O2/c1-4-21(23)16-17(3)20-12-8-18(9-13-20)6-7-19-10-14-22(15-11-19)24-5-2/h4,8-15,17H,1,5,16H2,2-3H3. The van der Waals surface area contributed by atoms with Gasteiger partial charge in [-0.05, 0) is 60.9 Å². The van der Waals surface area contributed by atoms with E-state index >= 15 is 0 Å². The molecule has 0 heterocycles. The summed E-state index contributed by atoms with van der Waals surface area (Å²) in [4.78, 5) is 11.4. The maximum Gasteiger partial charge on any atom is 0.155 e. The molecule has 0 fully saturated rings. The number of hydrogen-bond acceptors (Lipinski definition) is 2. The normalized spacial score (nSPS) is 11.1. The molecule has 0 radical (unpaired) electrons. The van der Waals surface area contributed by atoms with Crippen molar-refractivity contribution in [3.8, 4) is 17.6 Å². The van der Waals surface area contributed by atoms with E-state index in [9.17, 15) is 4.79 Å². The Labute approximate surface area is 144 Å². The minimum Gasteiger partial charge on any atom is -0.494 e. The molecule has 0 aromatic heterocycles. The average Bonchev–Trinajstić information content (AvgIpc) is 2.61. The lowest BCUT2D eigenvalue weighted by Gasteiger charge is -2.09. The number of hydrogen-bond donors (Lipinski definition) is 0. The summed E-state index contributed by atoms with van der Waals surface area (Å²) in [5, 5.41) is 0. The first kappa shape index (κ1) is 17.6. The third-order valence-corrected chi connectivity index (χ3v) is 3.73. The first-order valence-electron chi connectivity index (χ1n) is 8.12. The van der Waals surface area contributed by atoms with E-state index in [1.54, 1.807) is 0 Å². The predicted octanol–water partition coefficient (Wildman–Crippen LogP) is 4.73. The minimum absolute atomic E-state index is 0.0712. The van der Waals surface area contributed by atoms with Crippen LogP contribution in [0, 0.1) is 11.8 Å². The monoisotopic (exact) mass is 318 g/mol. The van der Waals surface area contributed by atoms with Crippen LogP contribution in [0.15, 0.2) is 61.2 Å². The van der Waals surface area contributed by atoms with Gasteiger partial charge in [-0.2, -0.15) is 0 Å². The lowest BCUT2D eigenvalue weighted by molar-refractivity contribution is -0.114. The molecule has 2 rings (SSSR count). The Morgan fingerprint density at radius 2 is 1.62 bits per heavy atom. The molecule has 1 atom stereocenters. The number of benzene rings is 2. The fraction of sp³-hybridized carbons (Fsp3) is 0.227. The number of carbonyl (C=O) groups excluding carboxylic acids is 1. The van der Waals surface area contributed by atoms with Gasteiger partial charge in [0.25, 0.3) is 0 Å². The molecule has 0 saturated heterocycles. The fourth-order valence-electron chi connectivity index (χ4n) is 2.34. The summed E-state index contributed by atoms with van der Waals surface area (Å²) in [5.74, 6) is 7.42. The molecular weight excluding hydrogens is 296 g/mol. The van der Waals surface area contributed by atoms with Crippen molar-refractivity contribution >= 4 is 5.78 Å². The number of allylic oxidation sites excluding steroid dienone is 1. The van der Waals surface area contributed by atoms with Crippen molar-refractivity contribution in [2.24, 2.45) is 0 Å². The molecule has 0 aliphatic heterocycles. The zero-order valence-electron chi connectivity index (χ0n) is 14.2. The van der Waals surface area contributed by atoms with Crippen LogP contribution in [-0.2, 0) is 4.79 Å². The summed E-state index contributed by atoms with van der Waals surface area (Å²) in [6.45, 7) is 8.18. The zero-order valence-corrected chi connectivity index (χ0v) is 14.2. The topological polar surface area (TPSA) is 26.3 Å². The van der Waals surface area contributed by atoms with Crippen LogP contribution in [0.1, 0.15) is 42.9 Å². The second-order valence-corrected chi connectivity index (χ2v) is 5.61. The van der Waals surface area contributed by atoms with E-state index < -0.39 is 0 Å². The average molecular weight is 318 g/mol. The summed E-state index contributed by atoms with van der Waals surface area (Å²) in [5.41, 5.74) is 3.04. The first-order valence-corrected chi connectivity index (χ1v) is 8.12. The Balaban J connectivity index is 2.04. The Bertz CT molecular complexity index is 743. The van der Waals surface area contributed by atoms with Gasteiger partial charge in [-0.1, -0.05) is 37.5 Å². The Kier molecular flexibility index (Phi) is 6.40. The van der Waals surface area contributed by atoms with E-state index in [2.05, 4.69) is 18.4 Å². The molecule has 0 N–H and O–H groups in total. The van der Waals surface area contributed by atoms with Crippen molar-refractivity contribution in [1.29, 1.82) is 0 Å². The van der Waals surface area contributed by atoms with Crippen molar-refractivity contribution in [2.45, 2.75) is 26.2 Å². The lowest BCUT2D eigenvalue weighted by Crippen LogP contribution is -2.01. The molecular formula is C22H22O2. The van der Waals surface area contributed by atoms with Gasteiger partial charge >= 0.3 is 0 Å². The molecule has 2 heteroatoms. The van der Waals surface area contributed by atoms with Gasteiger partial charge in [-0.15, -0.1) is 0 Å². The zero-order chi connectivity index (χ0) is 17.4. The van der Waals surface area contributed by atoms with Gasteiger partial charge in [-0.3, -0.25) is 4.79 Å². The molecule has 24 heavy (non-hydrogen) atoms. The van der Waals surface area contributed by atoms with Crippen molar-refractivity contribution in [2.75, 3.05) is 6.61 Å². The largest absolute Gasteiger partial charge is 0.494 e. The predicted molar refractivity (Wildman–Crippen MR) is 98.3 cm³/mol. The van der Waals surface area contributed by atoms with Crippen LogP contribution >= 0.6 is 0 Å². The van der Waals surface area contributed by atoms with E-state index in [0.717, 1.165) is 22.4 Å². The van der Waals surface area contributed by atoms with Crippen LogP contribution in [0.25, 0.3) is 0 Å². The third-order valence-electron chi connectivity index (χ3n) is 3.73. The molecule has 0 aliphatic carbocycles. The first-order chi connectivity index (χ1) is 11.6. The molecule has 2 nitrogen and oxygen atoms in total.